The van der Waals surface area contributed by atoms with Gasteiger partial charge in [0.05, 0.1) is 6.61 Å². The molecule has 35 heavy (non-hydrogen) atoms. The van der Waals surface area contributed by atoms with Gasteiger partial charge in [0.15, 0.2) is 11.5 Å². The van der Waals surface area contributed by atoms with Crippen molar-refractivity contribution in [2.24, 2.45) is 0 Å². The molecule has 8 nitrogen and oxygen atoms in total. The highest BCUT2D eigenvalue weighted by Gasteiger charge is 2.25. The van der Waals surface area contributed by atoms with Gasteiger partial charge in [0.25, 0.3) is 5.91 Å². The minimum Gasteiger partial charge on any atom is -0.490 e. The fourth-order valence-electron chi connectivity index (χ4n) is 3.96. The smallest absolute Gasteiger partial charge is 0.319 e. The van der Waals surface area contributed by atoms with Gasteiger partial charge in [0.2, 0.25) is 0 Å². The lowest BCUT2D eigenvalue weighted by molar-refractivity contribution is 0.0708. The van der Waals surface area contributed by atoms with E-state index in [-0.39, 0.29) is 18.0 Å². The van der Waals surface area contributed by atoms with E-state index in [1.165, 1.54) is 0 Å². The monoisotopic (exact) mass is 474 g/mol. The molecule has 2 heterocycles. The third-order valence-corrected chi connectivity index (χ3v) is 5.76. The largest absolute Gasteiger partial charge is 0.490 e. The van der Waals surface area contributed by atoms with E-state index in [2.05, 4.69) is 15.6 Å². The number of nitrogens with zero attached hydrogens (tertiary/aromatic N) is 2. The Kier molecular flexibility index (Phi) is 8.17. The van der Waals surface area contributed by atoms with Crippen LogP contribution in [0.1, 0.15) is 35.7 Å². The van der Waals surface area contributed by atoms with Crippen molar-refractivity contribution in [3.63, 3.8) is 0 Å². The first kappa shape index (κ1) is 24.1. The first-order valence-electron chi connectivity index (χ1n) is 11.8. The van der Waals surface area contributed by atoms with Crippen molar-refractivity contribution in [3.05, 3.63) is 84.2 Å². The van der Waals surface area contributed by atoms with Gasteiger partial charge < -0.3 is 25.0 Å². The number of ether oxygens (including phenoxy) is 2. The van der Waals surface area contributed by atoms with Crippen LogP contribution in [0.4, 0.5) is 10.5 Å². The zero-order chi connectivity index (χ0) is 24.5. The Bertz CT molecular complexity index is 1120. The molecule has 182 valence electrons. The third kappa shape index (κ3) is 6.72. The van der Waals surface area contributed by atoms with Crippen molar-refractivity contribution in [1.29, 1.82) is 0 Å². The number of carbonyl (C=O) groups is 2. The molecule has 1 fully saturated rings. The molecule has 0 aliphatic carbocycles. The zero-order valence-electron chi connectivity index (χ0n) is 19.8. The van der Waals surface area contributed by atoms with E-state index in [4.69, 9.17) is 9.47 Å². The number of amides is 3. The predicted molar refractivity (Wildman–Crippen MR) is 134 cm³/mol. The number of likely N-dealkylation sites (tertiary alicyclic amines) is 1. The Morgan fingerprint density at radius 3 is 2.51 bits per heavy atom. The van der Waals surface area contributed by atoms with Gasteiger partial charge in [0, 0.05) is 48.3 Å². The standard InChI is InChI=1S/C27H30N4O4/c1-2-34-25-17-21(10-11-24(25)35-19-20-7-6-14-28-18-20)26(32)31-15-12-23(13-16-31)30-27(33)29-22-8-4-3-5-9-22/h3-11,14,17-18,23H,2,12-13,15-16,19H2,1H3,(H2,29,30,33). The van der Waals surface area contributed by atoms with Crippen LogP contribution in [0.5, 0.6) is 11.5 Å². The maximum Gasteiger partial charge on any atom is 0.319 e. The fraction of sp³-hybridized carbons (Fsp3) is 0.296. The molecule has 4 rings (SSSR count). The maximum atomic E-state index is 13.1. The molecule has 8 heteroatoms. The molecule has 2 aromatic carbocycles. The summed E-state index contributed by atoms with van der Waals surface area (Å²) in [5.74, 6) is 1.06. The number of pyridine rings is 1. The second kappa shape index (κ2) is 11.9. The topological polar surface area (TPSA) is 92.8 Å². The van der Waals surface area contributed by atoms with Gasteiger partial charge in [-0.15, -0.1) is 0 Å². The molecule has 0 spiro atoms. The van der Waals surface area contributed by atoms with Crippen LogP contribution in [-0.4, -0.2) is 47.6 Å². The van der Waals surface area contributed by atoms with Gasteiger partial charge in [-0.25, -0.2) is 4.79 Å². The molecule has 1 aromatic heterocycles. The van der Waals surface area contributed by atoms with Crippen molar-refractivity contribution in [3.8, 4) is 11.5 Å². The summed E-state index contributed by atoms with van der Waals surface area (Å²) >= 11 is 0. The van der Waals surface area contributed by atoms with Crippen molar-refractivity contribution in [2.75, 3.05) is 25.0 Å². The normalized spacial score (nSPS) is 13.7. The zero-order valence-corrected chi connectivity index (χ0v) is 19.8. The summed E-state index contributed by atoms with van der Waals surface area (Å²) in [5, 5.41) is 5.83. The quantitative estimate of drug-likeness (QED) is 0.502. The molecule has 1 aliphatic heterocycles. The number of hydrogen-bond donors (Lipinski definition) is 2. The van der Waals surface area contributed by atoms with Gasteiger partial charge in [0.1, 0.15) is 6.61 Å². The van der Waals surface area contributed by atoms with Gasteiger partial charge in [-0.3, -0.25) is 9.78 Å². The molecule has 0 radical (unpaired) electrons. The number of rotatable bonds is 8. The first-order chi connectivity index (χ1) is 17.1. The highest BCUT2D eigenvalue weighted by Crippen LogP contribution is 2.30. The number of hydrogen-bond acceptors (Lipinski definition) is 5. The first-order valence-corrected chi connectivity index (χ1v) is 11.8. The van der Waals surface area contributed by atoms with Gasteiger partial charge in [-0.2, -0.15) is 0 Å². The molecule has 3 aromatic rings. The van der Waals surface area contributed by atoms with E-state index in [0.29, 0.717) is 56.2 Å². The van der Waals surface area contributed by atoms with E-state index in [0.717, 1.165) is 11.3 Å². The van der Waals surface area contributed by atoms with Gasteiger partial charge in [-0.05, 0) is 56.2 Å². The summed E-state index contributed by atoms with van der Waals surface area (Å²) in [4.78, 5) is 31.3. The SMILES string of the molecule is CCOc1cc(C(=O)N2CCC(NC(=O)Nc3ccccc3)CC2)ccc1OCc1cccnc1. The van der Waals surface area contributed by atoms with Crippen LogP contribution in [0.2, 0.25) is 0 Å². The Balaban J connectivity index is 1.31. The van der Waals surface area contributed by atoms with E-state index >= 15 is 0 Å². The summed E-state index contributed by atoms with van der Waals surface area (Å²) in [6.45, 7) is 3.85. The fourth-order valence-corrected chi connectivity index (χ4v) is 3.96. The number of aromatic nitrogens is 1. The summed E-state index contributed by atoms with van der Waals surface area (Å²) in [6, 6.07) is 18.2. The summed E-state index contributed by atoms with van der Waals surface area (Å²) in [6.07, 6.45) is 4.85. The number of benzene rings is 2. The third-order valence-electron chi connectivity index (χ3n) is 5.76. The predicted octanol–water partition coefficient (Wildman–Crippen LogP) is 4.49. The van der Waals surface area contributed by atoms with Crippen molar-refractivity contribution < 1.29 is 19.1 Å². The Hall–Kier alpha value is -4.07. The van der Waals surface area contributed by atoms with Crippen LogP contribution in [0.3, 0.4) is 0 Å². The molecular weight excluding hydrogens is 444 g/mol. The van der Waals surface area contributed by atoms with Gasteiger partial charge in [-0.1, -0.05) is 24.3 Å². The number of anilines is 1. The number of carbonyl (C=O) groups excluding carboxylic acids is 2. The van der Waals surface area contributed by atoms with Crippen LogP contribution in [-0.2, 0) is 6.61 Å². The summed E-state index contributed by atoms with van der Waals surface area (Å²) < 4.78 is 11.7. The number of piperidine rings is 1. The average Bonchev–Trinajstić information content (AvgIpc) is 2.89. The number of para-hydroxylation sites is 1. The summed E-state index contributed by atoms with van der Waals surface area (Å²) in [7, 11) is 0. The number of nitrogens with one attached hydrogen (secondary N) is 2. The van der Waals surface area contributed by atoms with E-state index in [1.54, 1.807) is 30.6 Å². The number of urea groups is 1. The van der Waals surface area contributed by atoms with E-state index < -0.39 is 0 Å². The maximum absolute atomic E-state index is 13.1. The van der Waals surface area contributed by atoms with Crippen LogP contribution < -0.4 is 20.1 Å². The van der Waals surface area contributed by atoms with Crippen LogP contribution >= 0.6 is 0 Å². The minimum absolute atomic E-state index is 0.0185. The highest BCUT2D eigenvalue weighted by atomic mass is 16.5. The Labute approximate surface area is 205 Å². The Morgan fingerprint density at radius 1 is 1.00 bits per heavy atom. The average molecular weight is 475 g/mol. The molecule has 3 amide bonds. The lowest BCUT2D eigenvalue weighted by Gasteiger charge is -2.32. The van der Waals surface area contributed by atoms with Crippen molar-refractivity contribution in [1.82, 2.24) is 15.2 Å². The lowest BCUT2D eigenvalue weighted by Crippen LogP contribution is -2.47. The van der Waals surface area contributed by atoms with Crippen molar-refractivity contribution in [2.45, 2.75) is 32.4 Å². The minimum atomic E-state index is -0.232. The molecule has 2 N–H and O–H groups in total. The second-order valence-corrected chi connectivity index (χ2v) is 8.28. The molecule has 1 saturated heterocycles. The van der Waals surface area contributed by atoms with Crippen molar-refractivity contribution >= 4 is 17.6 Å². The van der Waals surface area contributed by atoms with Crippen LogP contribution in [0, 0.1) is 0 Å². The molecule has 0 unspecified atom stereocenters. The molecular formula is C27H30N4O4. The highest BCUT2D eigenvalue weighted by molar-refractivity contribution is 5.95. The molecule has 0 saturated carbocycles. The Morgan fingerprint density at radius 2 is 1.80 bits per heavy atom. The lowest BCUT2D eigenvalue weighted by atomic mass is 10.0. The van der Waals surface area contributed by atoms with E-state index in [9.17, 15) is 9.59 Å². The van der Waals surface area contributed by atoms with Gasteiger partial charge >= 0.3 is 6.03 Å². The molecule has 0 atom stereocenters. The molecule has 1 aliphatic rings. The van der Waals surface area contributed by atoms with Crippen LogP contribution in [0.25, 0.3) is 0 Å². The van der Waals surface area contributed by atoms with E-state index in [1.807, 2.05) is 54.3 Å². The summed E-state index contributed by atoms with van der Waals surface area (Å²) in [5.41, 5.74) is 2.25. The molecule has 0 bridgehead atoms. The van der Waals surface area contributed by atoms with Crippen LogP contribution in [0.15, 0.2) is 73.1 Å². The second-order valence-electron chi connectivity index (χ2n) is 8.28.